The van der Waals surface area contributed by atoms with Crippen molar-refractivity contribution in [3.05, 3.63) is 96.3 Å². The molecule has 2 aliphatic carbocycles. The van der Waals surface area contributed by atoms with Crippen molar-refractivity contribution in [3.8, 4) is 11.1 Å². The third-order valence-corrected chi connectivity index (χ3v) is 12.4. The molecule has 11 nitrogen and oxygen atoms in total. The Morgan fingerprint density at radius 3 is 2.05 bits per heavy atom. The first kappa shape index (κ1) is 36.5. The number of benzene rings is 2. The van der Waals surface area contributed by atoms with E-state index in [-0.39, 0.29) is 35.6 Å². The first-order valence-electron chi connectivity index (χ1n) is 19.7. The van der Waals surface area contributed by atoms with Gasteiger partial charge in [-0.2, -0.15) is 0 Å². The molecular weight excluding hydrogens is 691 g/mol. The number of amides is 3. The highest BCUT2D eigenvalue weighted by molar-refractivity contribution is 6.04. The van der Waals surface area contributed by atoms with Crippen molar-refractivity contribution in [1.29, 1.82) is 0 Å². The quantitative estimate of drug-likeness (QED) is 0.220. The Kier molecular flexibility index (Phi) is 10.4. The summed E-state index contributed by atoms with van der Waals surface area (Å²) in [5.41, 5.74) is 9.94. The van der Waals surface area contributed by atoms with Crippen LogP contribution in [0.15, 0.2) is 89.6 Å². The zero-order valence-electron chi connectivity index (χ0n) is 31.8. The minimum atomic E-state index is -0.647. The number of aromatic nitrogens is 2. The van der Waals surface area contributed by atoms with Gasteiger partial charge in [0.1, 0.15) is 12.4 Å². The molecule has 3 aliphatic heterocycles. The lowest BCUT2D eigenvalue weighted by molar-refractivity contribution is -0.134. The van der Waals surface area contributed by atoms with E-state index < -0.39 is 12.1 Å². The van der Waals surface area contributed by atoms with Crippen LogP contribution in [-0.4, -0.2) is 69.9 Å². The summed E-state index contributed by atoms with van der Waals surface area (Å²) in [6.45, 7) is 4.95. The van der Waals surface area contributed by atoms with Gasteiger partial charge in [0.2, 0.25) is 11.8 Å². The zero-order chi connectivity index (χ0) is 38.1. The number of methoxy groups -OCH3 is 1. The summed E-state index contributed by atoms with van der Waals surface area (Å²) in [5.74, 6) is 1.09. The molecule has 4 heterocycles. The Labute approximate surface area is 322 Å². The lowest BCUT2D eigenvalue weighted by Crippen LogP contribution is -2.53. The highest BCUT2D eigenvalue weighted by atomic mass is 16.5. The smallest absolute Gasteiger partial charge is 0.407 e. The van der Waals surface area contributed by atoms with Crippen LogP contribution >= 0.6 is 0 Å². The molecule has 2 saturated carbocycles. The van der Waals surface area contributed by atoms with E-state index in [1.54, 1.807) is 12.4 Å². The first-order chi connectivity index (χ1) is 26.8. The Morgan fingerprint density at radius 2 is 1.42 bits per heavy atom. The molecule has 2 bridgehead atoms. The summed E-state index contributed by atoms with van der Waals surface area (Å²) in [4.78, 5) is 58.8. The van der Waals surface area contributed by atoms with Crippen molar-refractivity contribution in [2.45, 2.75) is 77.4 Å². The fourth-order valence-electron chi connectivity index (χ4n) is 9.54. The molecule has 0 radical (unpaired) electrons. The second-order valence-corrected chi connectivity index (χ2v) is 16.0. The van der Waals surface area contributed by atoms with Crippen molar-refractivity contribution in [1.82, 2.24) is 25.5 Å². The number of nitrogens with zero attached hydrogens (tertiary/aromatic N) is 5. The third kappa shape index (κ3) is 7.49. The molecule has 2 aromatic carbocycles. The Hall–Kier alpha value is -5.45. The van der Waals surface area contributed by atoms with Gasteiger partial charge < -0.3 is 20.3 Å². The highest BCUT2D eigenvalue weighted by Crippen LogP contribution is 2.54. The topological polar surface area (TPSA) is 138 Å². The molecule has 284 valence electrons. The number of fused-ring (bicyclic) bond motifs is 2. The van der Waals surface area contributed by atoms with Crippen LogP contribution in [0.4, 0.5) is 4.79 Å². The van der Waals surface area contributed by atoms with Gasteiger partial charge in [0.25, 0.3) is 0 Å². The van der Waals surface area contributed by atoms with Crippen LogP contribution in [0.1, 0.15) is 75.5 Å². The van der Waals surface area contributed by atoms with E-state index in [1.165, 1.54) is 25.4 Å². The second-order valence-electron chi connectivity index (χ2n) is 16.0. The van der Waals surface area contributed by atoms with Gasteiger partial charge >= 0.3 is 6.09 Å². The fraction of sp³-hybridized carbons (Fsp3) is 0.432. The van der Waals surface area contributed by atoms with Crippen molar-refractivity contribution < 1.29 is 19.1 Å². The third-order valence-electron chi connectivity index (χ3n) is 12.4. The SMILES string of the molecule is COC(=O)N[C@H](C(=O)N1CCC[C@H]1C1=NC=C(c2ccc(-c3ccc(C4=CN=C([C@@H]5[C@H]6CC[C@H](C6)[C@H]5C(=O)NCc5cncnc5)C4)cc3)cc2)C1)C(C)C. The molecule has 3 amide bonds. The monoisotopic (exact) mass is 739 g/mol. The van der Waals surface area contributed by atoms with Crippen LogP contribution in [0.25, 0.3) is 22.3 Å². The maximum atomic E-state index is 13.6. The first-order valence-corrected chi connectivity index (χ1v) is 19.7. The van der Waals surface area contributed by atoms with Gasteiger partial charge in [-0.3, -0.25) is 19.6 Å². The number of rotatable bonds is 11. The van der Waals surface area contributed by atoms with Gasteiger partial charge in [0.05, 0.1) is 13.2 Å². The zero-order valence-corrected chi connectivity index (χ0v) is 31.8. The molecule has 5 aliphatic rings. The molecule has 6 atom stereocenters. The van der Waals surface area contributed by atoms with Crippen molar-refractivity contribution in [3.63, 3.8) is 0 Å². The molecule has 3 fully saturated rings. The predicted molar refractivity (Wildman–Crippen MR) is 213 cm³/mol. The van der Waals surface area contributed by atoms with E-state index in [4.69, 9.17) is 14.7 Å². The number of hydrogen-bond acceptors (Lipinski definition) is 8. The van der Waals surface area contributed by atoms with E-state index in [2.05, 4.69) is 69.1 Å². The van der Waals surface area contributed by atoms with Gasteiger partial charge in [0, 0.05) is 79.5 Å². The molecular formula is C44H49N7O4. The minimum absolute atomic E-state index is 0.0284. The minimum Gasteiger partial charge on any atom is -0.453 e. The highest BCUT2D eigenvalue weighted by Gasteiger charge is 2.52. The number of carbonyl (C=O) groups excluding carboxylic acids is 3. The fourth-order valence-corrected chi connectivity index (χ4v) is 9.54. The standard InChI is InChI=1S/C44H49N7O4/c1-26(2)41(50-44(54)55-3)43(53)51-16-4-5-38(51)36-18-34(23-47-36)30-10-6-28(7-11-30)29-8-12-31(13-9-29)35-19-37(48-24-35)39-32-14-15-33(17-32)40(39)42(52)49-22-27-20-45-25-46-21-27/h6-13,20-21,23-26,32-33,38-41H,4-5,14-19,22H2,1-3H3,(H,49,52)(H,50,54)/t32-,33+,38-,39-,40+,41-/m0/s1. The number of allylic oxidation sites excluding steroid dienone is 2. The van der Waals surface area contributed by atoms with Crippen LogP contribution in [-0.2, 0) is 20.9 Å². The normalized spacial score (nSPS) is 24.7. The summed E-state index contributed by atoms with van der Waals surface area (Å²) in [7, 11) is 1.31. The summed E-state index contributed by atoms with van der Waals surface area (Å²) in [5, 5.41) is 5.89. The molecule has 1 saturated heterocycles. The predicted octanol–water partition coefficient (Wildman–Crippen LogP) is 6.87. The average molecular weight is 740 g/mol. The molecule has 11 heteroatoms. The largest absolute Gasteiger partial charge is 0.453 e. The van der Waals surface area contributed by atoms with E-state index in [0.717, 1.165) is 76.9 Å². The van der Waals surface area contributed by atoms with Gasteiger partial charge in [0.15, 0.2) is 0 Å². The van der Waals surface area contributed by atoms with Crippen LogP contribution in [0.3, 0.4) is 0 Å². The number of hydrogen-bond donors (Lipinski definition) is 2. The lowest BCUT2D eigenvalue weighted by atomic mass is 9.75. The number of nitrogens with one attached hydrogen (secondary N) is 2. The van der Waals surface area contributed by atoms with Gasteiger partial charge in [-0.15, -0.1) is 0 Å². The van der Waals surface area contributed by atoms with Crippen LogP contribution in [0.2, 0.25) is 0 Å². The maximum Gasteiger partial charge on any atom is 0.407 e. The maximum absolute atomic E-state index is 13.6. The number of ether oxygens (including phenoxy) is 1. The number of aliphatic imine (C=N–C) groups is 2. The molecule has 55 heavy (non-hydrogen) atoms. The van der Waals surface area contributed by atoms with Crippen LogP contribution in [0.5, 0.6) is 0 Å². The van der Waals surface area contributed by atoms with E-state index in [1.807, 2.05) is 31.1 Å². The van der Waals surface area contributed by atoms with Gasteiger partial charge in [-0.1, -0.05) is 62.4 Å². The summed E-state index contributed by atoms with van der Waals surface area (Å²) in [6.07, 6.45) is 15.0. The lowest BCUT2D eigenvalue weighted by Gasteiger charge is -2.31. The summed E-state index contributed by atoms with van der Waals surface area (Å²) >= 11 is 0. The number of likely N-dealkylation sites (tertiary alicyclic amines) is 1. The van der Waals surface area contributed by atoms with Crippen LogP contribution < -0.4 is 10.6 Å². The van der Waals surface area contributed by atoms with Gasteiger partial charge in [-0.05, 0) is 83.3 Å². The summed E-state index contributed by atoms with van der Waals surface area (Å²) < 4.78 is 4.78. The van der Waals surface area contributed by atoms with E-state index in [0.29, 0.717) is 31.3 Å². The number of alkyl carbamates (subject to hydrolysis) is 1. The molecule has 3 aromatic rings. The molecule has 1 aromatic heterocycles. The number of carbonyl (C=O) groups is 3. The van der Waals surface area contributed by atoms with Crippen LogP contribution in [0, 0.1) is 29.6 Å². The molecule has 0 spiro atoms. The van der Waals surface area contributed by atoms with E-state index in [9.17, 15) is 14.4 Å². The average Bonchev–Trinajstić information content (AvgIpc) is 4.07. The van der Waals surface area contributed by atoms with Crippen molar-refractivity contribution in [2.24, 2.45) is 39.6 Å². The Bertz CT molecular complexity index is 2060. The Balaban J connectivity index is 0.863. The molecule has 2 N–H and O–H groups in total. The Morgan fingerprint density at radius 1 is 0.818 bits per heavy atom. The van der Waals surface area contributed by atoms with Crippen molar-refractivity contribution in [2.75, 3.05) is 13.7 Å². The summed E-state index contributed by atoms with van der Waals surface area (Å²) in [6, 6.07) is 16.6. The molecule has 8 rings (SSSR count). The second kappa shape index (κ2) is 15.7. The van der Waals surface area contributed by atoms with Gasteiger partial charge in [-0.25, -0.2) is 14.8 Å². The van der Waals surface area contributed by atoms with Crippen molar-refractivity contribution >= 4 is 40.5 Å². The molecule has 0 unspecified atom stereocenters. The van der Waals surface area contributed by atoms with E-state index >= 15 is 0 Å².